The van der Waals surface area contributed by atoms with Crippen molar-refractivity contribution in [3.63, 3.8) is 0 Å². The summed E-state index contributed by atoms with van der Waals surface area (Å²) in [5.41, 5.74) is 3.49. The second kappa shape index (κ2) is 4.37. The molecule has 0 fully saturated rings. The molecule has 0 unspecified atom stereocenters. The second-order valence-electron chi connectivity index (χ2n) is 6.03. The highest BCUT2D eigenvalue weighted by molar-refractivity contribution is 5.87. The maximum Gasteiger partial charge on any atom is 0.255 e. The molecule has 0 bridgehead atoms. The second-order valence-corrected chi connectivity index (χ2v) is 6.03. The summed E-state index contributed by atoms with van der Waals surface area (Å²) in [5.74, 6) is 0. The maximum atomic E-state index is 12.0. The van der Waals surface area contributed by atoms with Crippen molar-refractivity contribution in [2.24, 2.45) is 0 Å². The first kappa shape index (κ1) is 12.7. The van der Waals surface area contributed by atoms with Crippen molar-refractivity contribution in [3.05, 3.63) is 58.7 Å². The van der Waals surface area contributed by atoms with Crippen LogP contribution in [-0.4, -0.2) is 4.98 Å². The maximum absolute atomic E-state index is 12.0. The van der Waals surface area contributed by atoms with E-state index in [0.29, 0.717) is 5.56 Å². The van der Waals surface area contributed by atoms with E-state index in [1.807, 2.05) is 24.3 Å². The summed E-state index contributed by atoms with van der Waals surface area (Å²) in [6, 6.07) is 9.67. The topological polar surface area (TPSA) is 46.0 Å². The van der Waals surface area contributed by atoms with Crippen molar-refractivity contribution in [1.82, 2.24) is 4.98 Å². The standard InChI is InChI=1S/C17H17NO2/c1-17(2,3)14-10-12(9-11-6-8-20-15(11)14)13-5-4-7-18-16(13)19/h4-10H,1-3H3,(H,18,19). The van der Waals surface area contributed by atoms with E-state index in [1.165, 1.54) is 0 Å². The highest BCUT2D eigenvalue weighted by Crippen LogP contribution is 2.34. The van der Waals surface area contributed by atoms with Crippen molar-refractivity contribution in [3.8, 4) is 11.1 Å². The Kier molecular flexibility index (Phi) is 2.78. The lowest BCUT2D eigenvalue weighted by atomic mass is 9.84. The number of benzene rings is 1. The number of H-pyrrole nitrogens is 1. The molecule has 20 heavy (non-hydrogen) atoms. The Labute approximate surface area is 117 Å². The average molecular weight is 267 g/mol. The number of pyridine rings is 1. The van der Waals surface area contributed by atoms with Crippen LogP contribution in [0.5, 0.6) is 0 Å². The Morgan fingerprint density at radius 3 is 2.65 bits per heavy atom. The Bertz CT molecular complexity index is 819. The van der Waals surface area contributed by atoms with Crippen LogP contribution in [0.2, 0.25) is 0 Å². The summed E-state index contributed by atoms with van der Waals surface area (Å²) in [6.45, 7) is 6.43. The number of rotatable bonds is 1. The number of nitrogens with one attached hydrogen (secondary N) is 1. The predicted molar refractivity (Wildman–Crippen MR) is 81.0 cm³/mol. The van der Waals surface area contributed by atoms with Crippen LogP contribution in [0.15, 0.2) is 52.0 Å². The fourth-order valence-electron chi connectivity index (χ4n) is 2.44. The lowest BCUT2D eigenvalue weighted by Gasteiger charge is -2.20. The van der Waals surface area contributed by atoms with E-state index in [-0.39, 0.29) is 11.0 Å². The number of hydrogen-bond acceptors (Lipinski definition) is 2. The van der Waals surface area contributed by atoms with E-state index in [2.05, 4.69) is 31.8 Å². The Morgan fingerprint density at radius 1 is 1.15 bits per heavy atom. The van der Waals surface area contributed by atoms with Crippen molar-refractivity contribution in [1.29, 1.82) is 0 Å². The van der Waals surface area contributed by atoms with E-state index < -0.39 is 0 Å². The molecule has 1 aromatic carbocycles. The molecule has 0 saturated carbocycles. The Balaban J connectivity index is 2.34. The highest BCUT2D eigenvalue weighted by atomic mass is 16.3. The molecule has 102 valence electrons. The summed E-state index contributed by atoms with van der Waals surface area (Å²) in [5, 5.41) is 1.02. The molecule has 3 rings (SSSR count). The third kappa shape index (κ3) is 2.05. The summed E-state index contributed by atoms with van der Waals surface area (Å²) >= 11 is 0. The minimum Gasteiger partial charge on any atom is -0.464 e. The van der Waals surface area contributed by atoms with Gasteiger partial charge in [-0.2, -0.15) is 0 Å². The number of furan rings is 1. The first-order valence-corrected chi connectivity index (χ1v) is 6.66. The minimum atomic E-state index is -0.0739. The van der Waals surface area contributed by atoms with Gasteiger partial charge < -0.3 is 9.40 Å². The average Bonchev–Trinajstić information content (AvgIpc) is 2.85. The molecule has 2 aromatic heterocycles. The number of fused-ring (bicyclic) bond motifs is 1. The van der Waals surface area contributed by atoms with Gasteiger partial charge in [-0.15, -0.1) is 0 Å². The molecule has 3 heteroatoms. The molecule has 0 aliphatic carbocycles. The quantitative estimate of drug-likeness (QED) is 0.722. The first-order valence-electron chi connectivity index (χ1n) is 6.66. The fraction of sp³-hybridized carbons (Fsp3) is 0.235. The van der Waals surface area contributed by atoms with Crippen LogP contribution in [0.1, 0.15) is 26.3 Å². The Morgan fingerprint density at radius 2 is 1.95 bits per heavy atom. The van der Waals surface area contributed by atoms with Crippen LogP contribution in [0.3, 0.4) is 0 Å². The van der Waals surface area contributed by atoms with E-state index in [9.17, 15) is 4.79 Å². The van der Waals surface area contributed by atoms with Gasteiger partial charge in [0.25, 0.3) is 5.56 Å². The van der Waals surface area contributed by atoms with Gasteiger partial charge in [0, 0.05) is 22.7 Å². The van der Waals surface area contributed by atoms with Gasteiger partial charge in [-0.3, -0.25) is 4.79 Å². The Hall–Kier alpha value is -2.29. The fourth-order valence-corrected chi connectivity index (χ4v) is 2.44. The first-order chi connectivity index (χ1) is 9.47. The lowest BCUT2D eigenvalue weighted by molar-refractivity contribution is 0.559. The number of aromatic nitrogens is 1. The van der Waals surface area contributed by atoms with E-state index in [4.69, 9.17) is 4.42 Å². The van der Waals surface area contributed by atoms with Gasteiger partial charge in [0.1, 0.15) is 5.58 Å². The van der Waals surface area contributed by atoms with Crippen molar-refractivity contribution >= 4 is 11.0 Å². The molecule has 0 saturated heterocycles. The van der Waals surface area contributed by atoms with Crippen molar-refractivity contribution in [2.75, 3.05) is 0 Å². The smallest absolute Gasteiger partial charge is 0.255 e. The number of hydrogen-bond donors (Lipinski definition) is 1. The van der Waals surface area contributed by atoms with Gasteiger partial charge in [0.2, 0.25) is 0 Å². The van der Waals surface area contributed by atoms with E-state index in [1.54, 1.807) is 12.5 Å². The van der Waals surface area contributed by atoms with Crippen LogP contribution in [0, 0.1) is 0 Å². The van der Waals surface area contributed by atoms with E-state index >= 15 is 0 Å². The highest BCUT2D eigenvalue weighted by Gasteiger charge is 2.20. The molecule has 0 atom stereocenters. The minimum absolute atomic E-state index is 0.0480. The molecule has 0 aliphatic rings. The van der Waals surface area contributed by atoms with Gasteiger partial charge >= 0.3 is 0 Å². The third-order valence-electron chi connectivity index (χ3n) is 3.49. The SMILES string of the molecule is CC(C)(C)c1cc(-c2ccc[nH]c2=O)cc2ccoc12. The molecule has 0 amide bonds. The molecular formula is C17H17NO2. The van der Waals surface area contributed by atoms with Crippen LogP contribution < -0.4 is 5.56 Å². The summed E-state index contributed by atoms with van der Waals surface area (Å²) in [6.07, 6.45) is 3.34. The third-order valence-corrected chi connectivity index (χ3v) is 3.49. The normalized spacial score (nSPS) is 11.9. The number of aromatic amines is 1. The van der Waals surface area contributed by atoms with Crippen LogP contribution >= 0.6 is 0 Å². The zero-order chi connectivity index (χ0) is 14.3. The van der Waals surface area contributed by atoms with E-state index in [0.717, 1.165) is 22.1 Å². The largest absolute Gasteiger partial charge is 0.464 e. The molecule has 3 nitrogen and oxygen atoms in total. The zero-order valence-electron chi connectivity index (χ0n) is 11.9. The zero-order valence-corrected chi connectivity index (χ0v) is 11.9. The van der Waals surface area contributed by atoms with Crippen LogP contribution in [0.25, 0.3) is 22.1 Å². The van der Waals surface area contributed by atoms with Gasteiger partial charge in [0.05, 0.1) is 6.26 Å². The van der Waals surface area contributed by atoms with Crippen LogP contribution in [-0.2, 0) is 5.41 Å². The van der Waals surface area contributed by atoms with Crippen LogP contribution in [0.4, 0.5) is 0 Å². The molecule has 0 radical (unpaired) electrons. The van der Waals surface area contributed by atoms with Gasteiger partial charge in [0.15, 0.2) is 0 Å². The van der Waals surface area contributed by atoms with Gasteiger partial charge in [-0.05, 0) is 41.3 Å². The molecule has 0 spiro atoms. The summed E-state index contributed by atoms with van der Waals surface area (Å²) in [7, 11) is 0. The predicted octanol–water partition coefficient (Wildman–Crippen LogP) is 4.09. The van der Waals surface area contributed by atoms with Crippen molar-refractivity contribution < 1.29 is 4.42 Å². The molecule has 1 N–H and O–H groups in total. The monoisotopic (exact) mass is 267 g/mol. The molecule has 2 heterocycles. The summed E-state index contributed by atoms with van der Waals surface area (Å²) < 4.78 is 5.61. The summed E-state index contributed by atoms with van der Waals surface area (Å²) in [4.78, 5) is 14.7. The lowest BCUT2D eigenvalue weighted by Crippen LogP contribution is -2.13. The molecule has 3 aromatic rings. The van der Waals surface area contributed by atoms with Gasteiger partial charge in [-0.1, -0.05) is 20.8 Å². The van der Waals surface area contributed by atoms with Crippen molar-refractivity contribution in [2.45, 2.75) is 26.2 Å². The van der Waals surface area contributed by atoms with Gasteiger partial charge in [-0.25, -0.2) is 0 Å². The molecular weight excluding hydrogens is 250 g/mol. The molecule has 0 aliphatic heterocycles.